The summed E-state index contributed by atoms with van der Waals surface area (Å²) < 4.78 is 41.8. The van der Waals surface area contributed by atoms with Crippen molar-refractivity contribution in [1.82, 2.24) is 14.8 Å². The number of hydrogen-bond acceptors (Lipinski definition) is 5. The molecule has 3 aromatic rings. The quantitative estimate of drug-likeness (QED) is 0.460. The largest absolute Gasteiger partial charge is 0.416 e. The van der Waals surface area contributed by atoms with E-state index in [9.17, 15) is 18.0 Å². The first-order valence-electron chi connectivity index (χ1n) is 10.0. The van der Waals surface area contributed by atoms with E-state index < -0.39 is 11.7 Å². The highest BCUT2D eigenvalue weighted by Gasteiger charge is 2.33. The Hall–Kier alpha value is -2.82. The second-order valence-electron chi connectivity index (χ2n) is 7.52. The predicted molar refractivity (Wildman–Crippen MR) is 121 cm³/mol. The summed E-state index contributed by atoms with van der Waals surface area (Å²) in [5.41, 5.74) is 0.728. The van der Waals surface area contributed by atoms with Gasteiger partial charge in [-0.1, -0.05) is 23.7 Å². The van der Waals surface area contributed by atoms with Crippen molar-refractivity contribution in [2.24, 2.45) is 4.99 Å². The number of amidine groups is 1. The lowest BCUT2D eigenvalue weighted by molar-refractivity contribution is -0.138. The van der Waals surface area contributed by atoms with Crippen molar-refractivity contribution < 1.29 is 22.8 Å². The van der Waals surface area contributed by atoms with Crippen LogP contribution >= 0.6 is 23.4 Å². The summed E-state index contributed by atoms with van der Waals surface area (Å²) in [4.78, 5) is 22.2. The van der Waals surface area contributed by atoms with Crippen LogP contribution < -0.4 is 0 Å². The molecule has 2 aliphatic heterocycles. The average molecular weight is 493 g/mol. The summed E-state index contributed by atoms with van der Waals surface area (Å²) in [6.45, 7) is 1.24. The number of benzene rings is 2. The zero-order valence-electron chi connectivity index (χ0n) is 17.0. The highest BCUT2D eigenvalue weighted by molar-refractivity contribution is 8.18. The van der Waals surface area contributed by atoms with E-state index in [-0.39, 0.29) is 23.0 Å². The first-order chi connectivity index (χ1) is 15.8. The van der Waals surface area contributed by atoms with Crippen molar-refractivity contribution in [3.05, 3.63) is 69.2 Å². The van der Waals surface area contributed by atoms with Gasteiger partial charge in [0.1, 0.15) is 0 Å². The minimum atomic E-state index is -4.52. The van der Waals surface area contributed by atoms with Gasteiger partial charge < -0.3 is 0 Å². The molecule has 2 aromatic carbocycles. The fourth-order valence-corrected chi connectivity index (χ4v) is 4.76. The molecule has 0 saturated carbocycles. The maximum atomic E-state index is 13.4. The van der Waals surface area contributed by atoms with Crippen LogP contribution in [0.4, 0.5) is 13.2 Å². The first kappa shape index (κ1) is 22.0. The van der Waals surface area contributed by atoms with Crippen LogP contribution in [0.1, 0.15) is 23.1 Å². The number of hydrogen-bond donors (Lipinski definition) is 0. The number of amides is 1. The molecule has 1 saturated heterocycles. The highest BCUT2D eigenvalue weighted by Crippen LogP contribution is 2.35. The van der Waals surface area contributed by atoms with Crippen LogP contribution in [0.25, 0.3) is 17.0 Å². The summed E-state index contributed by atoms with van der Waals surface area (Å²) in [6.07, 6.45) is -0.315. The molecule has 170 valence electrons. The number of carbonyl (C=O) groups excluding carboxylic acids is 1. The summed E-state index contributed by atoms with van der Waals surface area (Å²) in [7, 11) is 0. The van der Waals surface area contributed by atoms with E-state index in [1.165, 1.54) is 28.6 Å². The second-order valence-corrected chi connectivity index (χ2v) is 8.96. The van der Waals surface area contributed by atoms with E-state index in [0.29, 0.717) is 28.7 Å². The minimum absolute atomic E-state index is 0.0248. The molecule has 2 aliphatic rings. The van der Waals surface area contributed by atoms with Gasteiger partial charge in [-0.15, -0.1) is 0 Å². The Morgan fingerprint density at radius 2 is 2.06 bits per heavy atom. The third-order valence-corrected chi connectivity index (χ3v) is 6.46. The maximum absolute atomic E-state index is 13.4. The molecule has 0 atom stereocenters. The Morgan fingerprint density at radius 1 is 1.21 bits per heavy atom. The highest BCUT2D eigenvalue weighted by atomic mass is 35.5. The van der Waals surface area contributed by atoms with Crippen molar-refractivity contribution in [2.45, 2.75) is 19.1 Å². The fourth-order valence-electron chi connectivity index (χ4n) is 3.69. The van der Waals surface area contributed by atoms with Crippen molar-refractivity contribution in [2.75, 3.05) is 13.2 Å². The Balaban J connectivity index is 1.39. The van der Waals surface area contributed by atoms with Crippen LogP contribution in [-0.2, 0) is 22.4 Å². The second kappa shape index (κ2) is 8.51. The predicted octanol–water partition coefficient (Wildman–Crippen LogP) is 5.36. The number of thioether (sulfide) groups is 1. The number of carbonyl (C=O) groups is 1. The standard InChI is InChI=1S/C22H16ClF3N4O2S/c23-16-4-3-14(17(10-16)22(24,25)26)12-29-18-5-2-13(8-15(18)11-27-29)9-19-20(31)28-21(33-19)30-6-1-7-32-30/h2-5,8-11H,1,6-7,12H2/b19-9-. The molecular weight excluding hydrogens is 477 g/mol. The molecule has 6 nitrogen and oxygen atoms in total. The van der Waals surface area contributed by atoms with Crippen molar-refractivity contribution in [1.29, 1.82) is 0 Å². The molecule has 0 bridgehead atoms. The number of alkyl halides is 3. The van der Waals surface area contributed by atoms with Crippen LogP contribution in [0, 0.1) is 0 Å². The number of halogens is 4. The van der Waals surface area contributed by atoms with Gasteiger partial charge in [-0.3, -0.25) is 14.3 Å². The fraction of sp³-hybridized carbons (Fsp3) is 0.227. The molecule has 0 N–H and O–H groups in total. The van der Waals surface area contributed by atoms with Gasteiger partial charge in [0.05, 0.1) is 41.9 Å². The van der Waals surface area contributed by atoms with Crippen LogP contribution in [0.3, 0.4) is 0 Å². The number of aliphatic imine (C=N–C) groups is 1. The first-order valence-corrected chi connectivity index (χ1v) is 11.2. The van der Waals surface area contributed by atoms with Crippen LogP contribution in [0.5, 0.6) is 0 Å². The Labute approximate surface area is 195 Å². The molecular formula is C22H16ClF3N4O2S. The molecule has 1 aromatic heterocycles. The normalized spacial score (nSPS) is 18.1. The molecule has 0 unspecified atom stereocenters. The average Bonchev–Trinajstić information content (AvgIpc) is 3.50. The van der Waals surface area contributed by atoms with E-state index >= 15 is 0 Å². The lowest BCUT2D eigenvalue weighted by atomic mass is 10.1. The van der Waals surface area contributed by atoms with Gasteiger partial charge in [-0.05, 0) is 59.7 Å². The van der Waals surface area contributed by atoms with Crippen LogP contribution in [0.2, 0.25) is 5.02 Å². The van der Waals surface area contributed by atoms with Gasteiger partial charge in [0.2, 0.25) is 0 Å². The maximum Gasteiger partial charge on any atom is 0.416 e. The van der Waals surface area contributed by atoms with Gasteiger partial charge >= 0.3 is 6.18 Å². The molecule has 0 radical (unpaired) electrons. The number of hydroxylamine groups is 2. The van der Waals surface area contributed by atoms with Crippen molar-refractivity contribution in [3.63, 3.8) is 0 Å². The Bertz CT molecular complexity index is 1310. The number of aromatic nitrogens is 2. The monoisotopic (exact) mass is 492 g/mol. The molecule has 0 spiro atoms. The molecule has 3 heterocycles. The Kier molecular flexibility index (Phi) is 5.67. The number of fused-ring (bicyclic) bond motifs is 1. The summed E-state index contributed by atoms with van der Waals surface area (Å²) in [5.74, 6) is -0.330. The lowest BCUT2D eigenvalue weighted by Gasteiger charge is -2.14. The van der Waals surface area contributed by atoms with Crippen molar-refractivity contribution >= 4 is 51.4 Å². The molecule has 0 aliphatic carbocycles. The van der Waals surface area contributed by atoms with Gasteiger partial charge in [0, 0.05) is 10.4 Å². The molecule has 33 heavy (non-hydrogen) atoms. The SMILES string of the molecule is O=C1N=C(N2CCCO2)S/C1=C\c1ccc2c(cnn2Cc2ccc(Cl)cc2C(F)(F)F)c1. The number of rotatable bonds is 3. The summed E-state index contributed by atoms with van der Waals surface area (Å²) in [6, 6.07) is 9.11. The molecule has 1 amide bonds. The summed E-state index contributed by atoms with van der Waals surface area (Å²) >= 11 is 7.02. The van der Waals surface area contributed by atoms with Gasteiger partial charge in [0.25, 0.3) is 5.91 Å². The Morgan fingerprint density at radius 3 is 2.82 bits per heavy atom. The van der Waals surface area contributed by atoms with Crippen LogP contribution in [0.15, 0.2) is 52.5 Å². The molecule has 5 rings (SSSR count). The summed E-state index contributed by atoms with van der Waals surface area (Å²) in [5, 5.41) is 7.19. The molecule has 11 heteroatoms. The van der Waals surface area contributed by atoms with E-state index in [1.807, 2.05) is 6.07 Å². The lowest BCUT2D eigenvalue weighted by Crippen LogP contribution is -2.22. The van der Waals surface area contributed by atoms with Gasteiger partial charge in [-0.2, -0.15) is 23.3 Å². The van der Waals surface area contributed by atoms with Gasteiger partial charge in [-0.25, -0.2) is 5.06 Å². The number of nitrogens with zero attached hydrogens (tertiary/aromatic N) is 4. The van der Waals surface area contributed by atoms with Crippen LogP contribution in [-0.4, -0.2) is 39.1 Å². The minimum Gasteiger partial charge on any atom is -0.272 e. The zero-order valence-corrected chi connectivity index (χ0v) is 18.5. The van der Waals surface area contributed by atoms with E-state index in [2.05, 4.69) is 10.1 Å². The zero-order chi connectivity index (χ0) is 23.2. The van der Waals surface area contributed by atoms with E-state index in [1.54, 1.807) is 29.5 Å². The smallest absolute Gasteiger partial charge is 0.272 e. The third-order valence-electron chi connectivity index (χ3n) is 5.24. The van der Waals surface area contributed by atoms with E-state index in [4.69, 9.17) is 16.4 Å². The third kappa shape index (κ3) is 4.50. The molecule has 1 fully saturated rings. The van der Waals surface area contributed by atoms with Crippen molar-refractivity contribution in [3.8, 4) is 0 Å². The van der Waals surface area contributed by atoms with Gasteiger partial charge in [0.15, 0.2) is 5.17 Å². The van der Waals surface area contributed by atoms with E-state index in [0.717, 1.165) is 23.4 Å². The topological polar surface area (TPSA) is 59.7 Å².